The number of hydrogen-bond acceptors (Lipinski definition) is 5. The number of hydrogen-bond donors (Lipinski definition) is 1. The van der Waals surface area contributed by atoms with Gasteiger partial charge in [0, 0.05) is 17.7 Å². The Kier molecular flexibility index (Phi) is 7.16. The molecular weight excluding hydrogens is 382 g/mol. The van der Waals surface area contributed by atoms with Gasteiger partial charge in [0.1, 0.15) is 12.4 Å². The Balaban J connectivity index is 1.71. The van der Waals surface area contributed by atoms with Crippen LogP contribution in [0.15, 0.2) is 66.7 Å². The molecule has 0 aliphatic heterocycles. The van der Waals surface area contributed by atoms with E-state index in [0.717, 1.165) is 16.9 Å². The predicted octanol–water partition coefficient (Wildman–Crippen LogP) is 4.22. The fraction of sp³-hybridized carbons (Fsp3) is 0.208. The second-order valence-corrected chi connectivity index (χ2v) is 6.48. The third kappa shape index (κ3) is 5.03. The monoisotopic (exact) mass is 407 g/mol. The quantitative estimate of drug-likeness (QED) is 0.575. The highest BCUT2D eigenvalue weighted by molar-refractivity contribution is 5.95. The zero-order chi connectivity index (χ0) is 21.3. The number of ether oxygens (including phenoxy) is 4. The average molecular weight is 407 g/mol. The van der Waals surface area contributed by atoms with Crippen LogP contribution < -0.4 is 24.3 Å². The first kappa shape index (κ1) is 21.0. The Morgan fingerprint density at radius 2 is 1.43 bits per heavy atom. The molecule has 6 heteroatoms. The molecule has 0 aliphatic rings. The van der Waals surface area contributed by atoms with Crippen molar-refractivity contribution in [3.8, 4) is 23.0 Å². The molecule has 3 aromatic carbocycles. The van der Waals surface area contributed by atoms with Gasteiger partial charge in [-0.15, -0.1) is 0 Å². The number of nitrogens with one attached hydrogen (secondary N) is 1. The van der Waals surface area contributed by atoms with Gasteiger partial charge in [-0.1, -0.05) is 48.5 Å². The predicted molar refractivity (Wildman–Crippen MR) is 114 cm³/mol. The Bertz CT molecular complexity index is 963. The number of amides is 1. The lowest BCUT2D eigenvalue weighted by Gasteiger charge is -2.15. The summed E-state index contributed by atoms with van der Waals surface area (Å²) in [4.78, 5) is 12.7. The number of carbonyl (C=O) groups is 1. The first-order chi connectivity index (χ1) is 14.7. The van der Waals surface area contributed by atoms with E-state index in [2.05, 4.69) is 5.32 Å². The van der Waals surface area contributed by atoms with Crippen LogP contribution in [-0.2, 0) is 13.2 Å². The van der Waals surface area contributed by atoms with Crippen molar-refractivity contribution in [3.05, 3.63) is 83.4 Å². The third-order valence-electron chi connectivity index (χ3n) is 4.58. The zero-order valence-electron chi connectivity index (χ0n) is 17.3. The SMILES string of the molecule is COc1cc(C(=O)NCc2ccccc2OCc2ccccc2)cc(OC)c1OC. The fourth-order valence-corrected chi connectivity index (χ4v) is 3.02. The van der Waals surface area contributed by atoms with E-state index >= 15 is 0 Å². The van der Waals surface area contributed by atoms with Crippen LogP contribution in [0, 0.1) is 0 Å². The Morgan fingerprint density at radius 1 is 0.800 bits per heavy atom. The molecule has 0 unspecified atom stereocenters. The summed E-state index contributed by atoms with van der Waals surface area (Å²) in [7, 11) is 4.55. The van der Waals surface area contributed by atoms with Crippen LogP contribution in [0.1, 0.15) is 21.5 Å². The van der Waals surface area contributed by atoms with Crippen LogP contribution in [0.3, 0.4) is 0 Å². The summed E-state index contributed by atoms with van der Waals surface area (Å²) in [6.07, 6.45) is 0. The highest BCUT2D eigenvalue weighted by Gasteiger charge is 2.17. The summed E-state index contributed by atoms with van der Waals surface area (Å²) in [6.45, 7) is 0.777. The van der Waals surface area contributed by atoms with Gasteiger partial charge in [0.15, 0.2) is 11.5 Å². The highest BCUT2D eigenvalue weighted by Crippen LogP contribution is 2.38. The molecule has 0 bridgehead atoms. The number of rotatable bonds is 9. The van der Waals surface area contributed by atoms with Gasteiger partial charge in [-0.25, -0.2) is 0 Å². The van der Waals surface area contributed by atoms with E-state index in [9.17, 15) is 4.79 Å². The molecule has 0 atom stereocenters. The molecule has 156 valence electrons. The molecular formula is C24H25NO5. The van der Waals surface area contributed by atoms with Crippen LogP contribution in [0.4, 0.5) is 0 Å². The van der Waals surface area contributed by atoms with Crippen molar-refractivity contribution in [2.24, 2.45) is 0 Å². The number of para-hydroxylation sites is 1. The summed E-state index contributed by atoms with van der Waals surface area (Å²) in [5.74, 6) is 1.76. The molecule has 0 spiro atoms. The molecule has 1 N–H and O–H groups in total. The zero-order valence-corrected chi connectivity index (χ0v) is 17.3. The van der Waals surface area contributed by atoms with Gasteiger partial charge in [-0.2, -0.15) is 0 Å². The molecule has 3 aromatic rings. The standard InChI is InChI=1S/C24H25NO5/c1-27-21-13-19(14-22(28-2)23(21)29-3)24(26)25-15-18-11-7-8-12-20(18)30-16-17-9-5-4-6-10-17/h4-14H,15-16H2,1-3H3,(H,25,26). The molecule has 3 rings (SSSR count). The molecule has 0 saturated carbocycles. The maximum atomic E-state index is 12.7. The van der Waals surface area contributed by atoms with E-state index in [1.54, 1.807) is 12.1 Å². The van der Waals surface area contributed by atoms with Gasteiger partial charge >= 0.3 is 0 Å². The van der Waals surface area contributed by atoms with Crippen LogP contribution in [0.5, 0.6) is 23.0 Å². The molecule has 0 aliphatic carbocycles. The Labute approximate surface area is 176 Å². The first-order valence-corrected chi connectivity index (χ1v) is 9.49. The second-order valence-electron chi connectivity index (χ2n) is 6.48. The molecule has 30 heavy (non-hydrogen) atoms. The largest absolute Gasteiger partial charge is 0.493 e. The van der Waals surface area contributed by atoms with Crippen LogP contribution in [-0.4, -0.2) is 27.2 Å². The van der Waals surface area contributed by atoms with Crippen LogP contribution in [0.25, 0.3) is 0 Å². The smallest absolute Gasteiger partial charge is 0.251 e. The molecule has 0 heterocycles. The molecule has 6 nitrogen and oxygen atoms in total. The number of methoxy groups -OCH3 is 3. The van der Waals surface area contributed by atoms with Crippen molar-refractivity contribution < 1.29 is 23.7 Å². The van der Waals surface area contributed by atoms with Gasteiger partial charge in [-0.3, -0.25) is 4.79 Å². The minimum atomic E-state index is -0.257. The van der Waals surface area contributed by atoms with E-state index < -0.39 is 0 Å². The summed E-state index contributed by atoms with van der Waals surface area (Å²) < 4.78 is 21.9. The summed E-state index contributed by atoms with van der Waals surface area (Å²) in [5.41, 5.74) is 2.37. The molecule has 1 amide bonds. The van der Waals surface area contributed by atoms with Crippen molar-refractivity contribution in [1.82, 2.24) is 5.32 Å². The van der Waals surface area contributed by atoms with Crippen molar-refractivity contribution in [1.29, 1.82) is 0 Å². The first-order valence-electron chi connectivity index (χ1n) is 9.49. The highest BCUT2D eigenvalue weighted by atomic mass is 16.5. The normalized spacial score (nSPS) is 10.2. The van der Waals surface area contributed by atoms with Gasteiger partial charge in [0.2, 0.25) is 5.75 Å². The van der Waals surface area contributed by atoms with E-state index in [4.69, 9.17) is 18.9 Å². The van der Waals surface area contributed by atoms with Crippen molar-refractivity contribution >= 4 is 5.91 Å². The minimum Gasteiger partial charge on any atom is -0.493 e. The van der Waals surface area contributed by atoms with Crippen molar-refractivity contribution in [2.75, 3.05) is 21.3 Å². The number of carbonyl (C=O) groups excluding carboxylic acids is 1. The Morgan fingerprint density at radius 3 is 2.07 bits per heavy atom. The van der Waals surface area contributed by atoms with Crippen molar-refractivity contribution in [3.63, 3.8) is 0 Å². The van der Waals surface area contributed by atoms with Gasteiger partial charge in [0.25, 0.3) is 5.91 Å². The molecule has 0 aromatic heterocycles. The summed E-state index contributed by atoms with van der Waals surface area (Å²) >= 11 is 0. The van der Waals surface area contributed by atoms with Crippen molar-refractivity contribution in [2.45, 2.75) is 13.2 Å². The van der Waals surface area contributed by atoms with Gasteiger partial charge in [-0.05, 0) is 23.8 Å². The molecule has 0 radical (unpaired) electrons. The lowest BCUT2D eigenvalue weighted by Crippen LogP contribution is -2.23. The van der Waals surface area contributed by atoms with Crippen LogP contribution in [0.2, 0.25) is 0 Å². The van der Waals surface area contributed by atoms with E-state index in [-0.39, 0.29) is 5.91 Å². The Hall–Kier alpha value is -3.67. The topological polar surface area (TPSA) is 66.0 Å². The van der Waals surface area contributed by atoms with E-state index in [0.29, 0.717) is 36.0 Å². The maximum absolute atomic E-state index is 12.7. The fourth-order valence-electron chi connectivity index (χ4n) is 3.02. The molecule has 0 saturated heterocycles. The molecule has 0 fully saturated rings. The number of benzene rings is 3. The van der Waals surface area contributed by atoms with E-state index in [1.165, 1.54) is 21.3 Å². The lowest BCUT2D eigenvalue weighted by atomic mass is 10.1. The average Bonchev–Trinajstić information content (AvgIpc) is 2.81. The summed E-state index contributed by atoms with van der Waals surface area (Å²) in [5, 5.41) is 2.92. The lowest BCUT2D eigenvalue weighted by molar-refractivity contribution is 0.0949. The van der Waals surface area contributed by atoms with E-state index in [1.807, 2.05) is 54.6 Å². The third-order valence-corrected chi connectivity index (χ3v) is 4.58. The maximum Gasteiger partial charge on any atom is 0.251 e. The van der Waals surface area contributed by atoms with Gasteiger partial charge in [0.05, 0.1) is 21.3 Å². The summed E-state index contributed by atoms with van der Waals surface area (Å²) in [6, 6.07) is 20.8. The van der Waals surface area contributed by atoms with Crippen LogP contribution >= 0.6 is 0 Å². The van der Waals surface area contributed by atoms with Gasteiger partial charge < -0.3 is 24.3 Å². The minimum absolute atomic E-state index is 0.257. The second kappa shape index (κ2) is 10.2.